The van der Waals surface area contributed by atoms with E-state index in [1.807, 2.05) is 0 Å². The van der Waals surface area contributed by atoms with Crippen molar-refractivity contribution >= 4 is 6.01 Å². The van der Waals surface area contributed by atoms with Crippen molar-refractivity contribution < 1.29 is 9.51 Å². The van der Waals surface area contributed by atoms with Crippen LogP contribution in [0.5, 0.6) is 0 Å². The van der Waals surface area contributed by atoms with Crippen molar-refractivity contribution in [3.05, 3.63) is 5.53 Å². The Balaban J connectivity index is 3.48. The fourth-order valence-electron chi connectivity index (χ4n) is 0.0954. The molecule has 48 valence electrons. The number of halogens is 1. The Labute approximate surface area is 48.8 Å². The Morgan fingerprint density at radius 1 is 1.67 bits per heavy atom. The standard InChI is InChI=1S/CH2FN7/c2-9(4)8-7-6-5-1-3/h3-4H/b7-6+. The third-order valence-corrected chi connectivity index (χ3v) is 0.253. The quantitative estimate of drug-likeness (QED) is 0.249. The minimum Gasteiger partial charge on any atom is -0.241 e. The van der Waals surface area contributed by atoms with Gasteiger partial charge in [-0.05, 0) is 5.22 Å². The highest BCUT2D eigenvalue weighted by Gasteiger charge is 1.82. The Hall–Kier alpha value is -1.69. The third-order valence-electron chi connectivity index (χ3n) is 0.253. The lowest BCUT2D eigenvalue weighted by Crippen LogP contribution is -1.77. The molecule has 0 aliphatic carbocycles. The molecule has 0 aromatic rings. The molecular weight excluding hydrogens is 129 g/mol. The van der Waals surface area contributed by atoms with E-state index in [1.165, 1.54) is 6.01 Å². The summed E-state index contributed by atoms with van der Waals surface area (Å²) in [4.78, 5) is 0. The number of nitrogens with zero attached hydrogens (tertiary/aromatic N) is 5. The molecule has 8 heteroatoms. The van der Waals surface area contributed by atoms with E-state index < -0.39 is 5.03 Å². The van der Waals surface area contributed by atoms with E-state index >= 15 is 0 Å². The van der Waals surface area contributed by atoms with Crippen LogP contribution in [0.15, 0.2) is 15.5 Å². The summed E-state index contributed by atoms with van der Waals surface area (Å²) in [6, 6.07) is 1.49. The van der Waals surface area contributed by atoms with Crippen LogP contribution in [0.4, 0.5) is 4.48 Å². The van der Waals surface area contributed by atoms with Crippen LogP contribution in [0.25, 0.3) is 5.53 Å². The van der Waals surface area contributed by atoms with Crippen LogP contribution >= 0.6 is 0 Å². The summed E-state index contributed by atoms with van der Waals surface area (Å²) in [7, 11) is 0. The first kappa shape index (κ1) is 7.31. The van der Waals surface area contributed by atoms with Crippen molar-refractivity contribution in [2.75, 3.05) is 0 Å². The molecular formula is CH2FN7. The summed E-state index contributed by atoms with van der Waals surface area (Å²) in [6.07, 6.45) is 0. The first-order chi connectivity index (χ1) is 4.27. The summed E-state index contributed by atoms with van der Waals surface area (Å²) in [5, 5.41) is 13.4. The van der Waals surface area contributed by atoms with Gasteiger partial charge in [-0.2, -0.15) is 0 Å². The van der Waals surface area contributed by atoms with Gasteiger partial charge in [-0.15, -0.1) is 5.10 Å². The van der Waals surface area contributed by atoms with E-state index in [-0.39, 0.29) is 0 Å². The van der Waals surface area contributed by atoms with Crippen LogP contribution in [0.1, 0.15) is 0 Å². The Morgan fingerprint density at radius 3 is 2.78 bits per heavy atom. The maximum atomic E-state index is 11.2. The normalized spacial score (nSPS) is 8.56. The summed E-state index contributed by atoms with van der Waals surface area (Å²) >= 11 is 0. The van der Waals surface area contributed by atoms with Crippen LogP contribution in [0, 0.1) is 10.9 Å². The average Bonchev–Trinajstić information content (AvgIpc) is 1.80. The first-order valence-corrected chi connectivity index (χ1v) is 1.67. The topological polar surface area (TPSA) is 102 Å². The van der Waals surface area contributed by atoms with E-state index in [1.54, 1.807) is 0 Å². The summed E-state index contributed by atoms with van der Waals surface area (Å²) < 4.78 is 11.2. The molecule has 0 aromatic carbocycles. The minimum atomic E-state index is -0.789. The van der Waals surface area contributed by atoms with Crippen molar-refractivity contribution in [3.63, 3.8) is 0 Å². The van der Waals surface area contributed by atoms with Crippen molar-refractivity contribution in [3.8, 4) is 0 Å². The van der Waals surface area contributed by atoms with Crippen LogP contribution in [-0.2, 0) is 0 Å². The van der Waals surface area contributed by atoms with Gasteiger partial charge >= 0.3 is 0 Å². The van der Waals surface area contributed by atoms with Gasteiger partial charge in [-0.3, -0.25) is 0 Å². The van der Waals surface area contributed by atoms with Crippen LogP contribution in [0.2, 0.25) is 0 Å². The SMILES string of the molecule is N=C=N/N=N/[N-][N+](=N)F. The molecule has 0 saturated heterocycles. The second-order valence-corrected chi connectivity index (χ2v) is 0.740. The molecule has 0 rings (SSSR count). The van der Waals surface area contributed by atoms with Crippen molar-refractivity contribution in [2.45, 2.75) is 0 Å². The van der Waals surface area contributed by atoms with Gasteiger partial charge in [0, 0.05) is 9.51 Å². The van der Waals surface area contributed by atoms with Gasteiger partial charge in [0.05, 0.1) is 10.8 Å². The second-order valence-electron chi connectivity index (χ2n) is 0.740. The van der Waals surface area contributed by atoms with Gasteiger partial charge in [-0.1, -0.05) is 0 Å². The van der Waals surface area contributed by atoms with E-state index in [0.29, 0.717) is 0 Å². The predicted octanol–water partition coefficient (Wildman–Crippen LogP) is 1.24. The van der Waals surface area contributed by atoms with Crippen LogP contribution in [-0.4, -0.2) is 11.0 Å². The molecule has 0 fully saturated rings. The Morgan fingerprint density at radius 2 is 2.33 bits per heavy atom. The fourth-order valence-corrected chi connectivity index (χ4v) is 0.0954. The van der Waals surface area contributed by atoms with E-state index in [4.69, 9.17) is 10.9 Å². The lowest BCUT2D eigenvalue weighted by Gasteiger charge is -1.77. The monoisotopic (exact) mass is 131 g/mol. The number of rotatable bonds is 3. The highest BCUT2D eigenvalue weighted by Crippen LogP contribution is 1.90. The van der Waals surface area contributed by atoms with Gasteiger partial charge in [-0.25, -0.2) is 10.9 Å². The van der Waals surface area contributed by atoms with Crippen molar-refractivity contribution in [2.24, 2.45) is 15.5 Å². The van der Waals surface area contributed by atoms with Crippen molar-refractivity contribution in [1.82, 2.24) is 0 Å². The molecule has 0 aliphatic heterocycles. The lowest BCUT2D eigenvalue weighted by atomic mass is 11.6. The molecule has 9 heavy (non-hydrogen) atoms. The van der Waals surface area contributed by atoms with Crippen LogP contribution in [0.3, 0.4) is 0 Å². The maximum absolute atomic E-state index is 11.2. The highest BCUT2D eigenvalue weighted by atomic mass is 19.2. The smallest absolute Gasteiger partial charge is 0.101 e. The zero-order chi connectivity index (χ0) is 7.11. The molecule has 7 nitrogen and oxygen atoms in total. The second kappa shape index (κ2) is 4.47. The molecule has 0 radical (unpaired) electrons. The van der Waals surface area contributed by atoms with E-state index in [9.17, 15) is 4.48 Å². The number of hydrogen-bond acceptors (Lipinski definition) is 4. The molecule has 0 heterocycles. The average molecular weight is 131 g/mol. The van der Waals surface area contributed by atoms with Gasteiger partial charge < -0.3 is 0 Å². The lowest BCUT2D eigenvalue weighted by molar-refractivity contribution is -0.744. The molecule has 0 bridgehead atoms. The maximum Gasteiger partial charge on any atom is 0.101 e. The summed E-state index contributed by atoms with van der Waals surface area (Å²) in [5.41, 5.74) is 8.39. The first-order valence-electron chi connectivity index (χ1n) is 1.67. The van der Waals surface area contributed by atoms with Gasteiger partial charge in [0.2, 0.25) is 0 Å². The summed E-state index contributed by atoms with van der Waals surface area (Å²) in [6.45, 7) is 0. The number of nitrogens with one attached hydrogen (secondary N) is 2. The molecule has 0 aliphatic rings. The predicted molar refractivity (Wildman–Crippen MR) is 22.5 cm³/mol. The van der Waals surface area contributed by atoms with E-state index in [2.05, 4.69) is 21.1 Å². The summed E-state index contributed by atoms with van der Waals surface area (Å²) in [5.74, 6) is 0. The fraction of sp³-hybridized carbons (Fsp3) is 0. The molecule has 0 saturated carbocycles. The van der Waals surface area contributed by atoms with Crippen molar-refractivity contribution in [1.29, 1.82) is 10.9 Å². The zero-order valence-corrected chi connectivity index (χ0v) is 4.11. The molecule has 2 N–H and O–H groups in total. The molecule has 0 aromatic heterocycles. The third kappa shape index (κ3) is 6.31. The minimum absolute atomic E-state index is 0.789. The van der Waals surface area contributed by atoms with Crippen LogP contribution < -0.4 is 0 Å². The Kier molecular flexibility index (Phi) is 3.63. The van der Waals surface area contributed by atoms with E-state index in [0.717, 1.165) is 0 Å². The van der Waals surface area contributed by atoms with Gasteiger partial charge in [0.25, 0.3) is 0 Å². The Bertz CT molecular complexity index is 164. The number of hydrogen-bond donors (Lipinski definition) is 2. The largest absolute Gasteiger partial charge is 0.241 e. The highest BCUT2D eigenvalue weighted by molar-refractivity contribution is 5.34. The van der Waals surface area contributed by atoms with Gasteiger partial charge in [0.15, 0.2) is 0 Å². The zero-order valence-electron chi connectivity index (χ0n) is 4.11. The molecule has 0 atom stereocenters. The van der Waals surface area contributed by atoms with Gasteiger partial charge in [0.1, 0.15) is 6.01 Å². The molecule has 0 spiro atoms. The molecule has 0 amide bonds. The molecule has 0 unspecified atom stereocenters.